The third-order valence-corrected chi connectivity index (χ3v) is 4.76. The van der Waals surface area contributed by atoms with E-state index in [0.717, 1.165) is 18.1 Å². The summed E-state index contributed by atoms with van der Waals surface area (Å²) in [6.07, 6.45) is 7.56. The van der Waals surface area contributed by atoms with E-state index in [-0.39, 0.29) is 0 Å². The highest BCUT2D eigenvalue weighted by Crippen LogP contribution is 2.44. The molecule has 0 amide bonds. The van der Waals surface area contributed by atoms with Gasteiger partial charge >= 0.3 is 0 Å². The number of aromatic nitrogens is 2. The van der Waals surface area contributed by atoms with E-state index in [4.69, 9.17) is 4.98 Å². The largest absolute Gasteiger partial charge is 0.312 e. The standard InChI is InChI=1S/C16H21N3S/c1-3-7-17-10-14-15(12-4-5-12)19-16(20-14)13-6-8-18-9-11(13)2/h6,8-9,12,17H,3-5,7,10H2,1-2H3. The average molecular weight is 287 g/mol. The zero-order valence-corrected chi connectivity index (χ0v) is 13.0. The highest BCUT2D eigenvalue weighted by molar-refractivity contribution is 7.15. The van der Waals surface area contributed by atoms with Crippen molar-refractivity contribution in [3.8, 4) is 10.6 Å². The first-order valence-corrected chi connectivity index (χ1v) is 8.22. The van der Waals surface area contributed by atoms with E-state index < -0.39 is 0 Å². The second-order valence-corrected chi connectivity index (χ2v) is 6.55. The molecule has 20 heavy (non-hydrogen) atoms. The predicted octanol–water partition coefficient (Wildman–Crippen LogP) is 3.89. The molecule has 1 fully saturated rings. The Morgan fingerprint density at radius 3 is 2.95 bits per heavy atom. The van der Waals surface area contributed by atoms with Gasteiger partial charge in [-0.1, -0.05) is 6.92 Å². The number of hydrogen-bond donors (Lipinski definition) is 1. The van der Waals surface area contributed by atoms with Crippen molar-refractivity contribution in [1.29, 1.82) is 0 Å². The molecular weight excluding hydrogens is 266 g/mol. The Hall–Kier alpha value is -1.26. The Labute approximate surface area is 124 Å². The van der Waals surface area contributed by atoms with Crippen LogP contribution in [0.1, 0.15) is 48.2 Å². The second-order valence-electron chi connectivity index (χ2n) is 5.47. The van der Waals surface area contributed by atoms with Crippen LogP contribution in [-0.4, -0.2) is 16.5 Å². The molecule has 1 saturated carbocycles. The summed E-state index contributed by atoms with van der Waals surface area (Å²) >= 11 is 1.84. The molecule has 1 N–H and O–H groups in total. The van der Waals surface area contributed by atoms with Crippen molar-refractivity contribution in [3.05, 3.63) is 34.6 Å². The van der Waals surface area contributed by atoms with E-state index in [1.807, 2.05) is 23.7 Å². The number of aryl methyl sites for hydroxylation is 1. The van der Waals surface area contributed by atoms with Gasteiger partial charge in [0, 0.05) is 35.3 Å². The molecule has 1 aliphatic carbocycles. The lowest BCUT2D eigenvalue weighted by molar-refractivity contribution is 0.676. The van der Waals surface area contributed by atoms with Crippen LogP contribution in [0.15, 0.2) is 18.5 Å². The highest BCUT2D eigenvalue weighted by atomic mass is 32.1. The molecule has 106 valence electrons. The van der Waals surface area contributed by atoms with Crippen molar-refractivity contribution in [1.82, 2.24) is 15.3 Å². The van der Waals surface area contributed by atoms with E-state index in [1.165, 1.54) is 41.0 Å². The maximum atomic E-state index is 4.93. The zero-order chi connectivity index (χ0) is 13.9. The SMILES string of the molecule is CCCNCc1sc(-c2ccncc2C)nc1C1CC1. The van der Waals surface area contributed by atoms with Crippen molar-refractivity contribution in [3.63, 3.8) is 0 Å². The fourth-order valence-electron chi connectivity index (χ4n) is 2.37. The summed E-state index contributed by atoms with van der Waals surface area (Å²) in [5, 5.41) is 4.66. The first kappa shape index (κ1) is 13.7. The smallest absolute Gasteiger partial charge is 0.124 e. The molecule has 0 aromatic carbocycles. The van der Waals surface area contributed by atoms with Gasteiger partial charge in [0.1, 0.15) is 5.01 Å². The highest BCUT2D eigenvalue weighted by Gasteiger charge is 2.29. The molecule has 0 atom stereocenters. The lowest BCUT2D eigenvalue weighted by Crippen LogP contribution is -2.13. The summed E-state index contributed by atoms with van der Waals surface area (Å²) in [5.74, 6) is 0.709. The Balaban J connectivity index is 1.89. The molecule has 0 spiro atoms. The summed E-state index contributed by atoms with van der Waals surface area (Å²) in [6.45, 7) is 6.34. The lowest BCUT2D eigenvalue weighted by Gasteiger charge is -2.01. The minimum Gasteiger partial charge on any atom is -0.312 e. The number of hydrogen-bond acceptors (Lipinski definition) is 4. The van der Waals surface area contributed by atoms with Crippen molar-refractivity contribution in [2.75, 3.05) is 6.54 Å². The Morgan fingerprint density at radius 2 is 2.25 bits per heavy atom. The molecule has 0 saturated heterocycles. The molecule has 0 radical (unpaired) electrons. The molecule has 3 rings (SSSR count). The molecule has 2 aromatic rings. The molecule has 0 unspecified atom stereocenters. The van der Waals surface area contributed by atoms with Crippen LogP contribution in [0.2, 0.25) is 0 Å². The molecule has 0 bridgehead atoms. The molecule has 4 heteroatoms. The molecule has 3 nitrogen and oxygen atoms in total. The first-order valence-electron chi connectivity index (χ1n) is 7.41. The van der Waals surface area contributed by atoms with Gasteiger partial charge in [-0.05, 0) is 44.4 Å². The van der Waals surface area contributed by atoms with E-state index >= 15 is 0 Å². The molecule has 2 aromatic heterocycles. The van der Waals surface area contributed by atoms with Gasteiger partial charge in [0.2, 0.25) is 0 Å². The summed E-state index contributed by atoms with van der Waals surface area (Å²) in [6, 6.07) is 2.08. The third kappa shape index (κ3) is 2.91. The zero-order valence-electron chi connectivity index (χ0n) is 12.1. The van der Waals surface area contributed by atoms with Gasteiger partial charge in [0.25, 0.3) is 0 Å². The van der Waals surface area contributed by atoms with Crippen LogP contribution < -0.4 is 5.32 Å². The van der Waals surface area contributed by atoms with Crippen LogP contribution in [-0.2, 0) is 6.54 Å². The molecule has 2 heterocycles. The third-order valence-electron chi connectivity index (χ3n) is 3.65. The number of nitrogens with zero attached hydrogens (tertiary/aromatic N) is 2. The van der Waals surface area contributed by atoms with Crippen molar-refractivity contribution in [2.45, 2.75) is 45.6 Å². The molecular formula is C16H21N3S. The van der Waals surface area contributed by atoms with Crippen LogP contribution in [0, 0.1) is 6.92 Å². The minimum atomic E-state index is 0.709. The minimum absolute atomic E-state index is 0.709. The number of thiazole rings is 1. The number of pyridine rings is 1. The van der Waals surface area contributed by atoms with Crippen LogP contribution in [0.3, 0.4) is 0 Å². The van der Waals surface area contributed by atoms with Crippen molar-refractivity contribution < 1.29 is 0 Å². The number of rotatable bonds is 6. The molecule has 1 aliphatic rings. The molecule has 0 aliphatic heterocycles. The monoisotopic (exact) mass is 287 g/mol. The van der Waals surface area contributed by atoms with Crippen LogP contribution in [0.4, 0.5) is 0 Å². The lowest BCUT2D eigenvalue weighted by atomic mass is 10.2. The van der Waals surface area contributed by atoms with E-state index in [2.05, 4.69) is 30.2 Å². The Morgan fingerprint density at radius 1 is 1.40 bits per heavy atom. The normalized spacial score (nSPS) is 14.7. The fraction of sp³-hybridized carbons (Fsp3) is 0.500. The van der Waals surface area contributed by atoms with Crippen molar-refractivity contribution in [2.24, 2.45) is 0 Å². The van der Waals surface area contributed by atoms with Crippen molar-refractivity contribution >= 4 is 11.3 Å². The quantitative estimate of drug-likeness (QED) is 0.819. The summed E-state index contributed by atoms with van der Waals surface area (Å²) in [5.41, 5.74) is 3.77. The van der Waals surface area contributed by atoms with E-state index in [0.29, 0.717) is 5.92 Å². The van der Waals surface area contributed by atoms with Crippen LogP contribution in [0.5, 0.6) is 0 Å². The predicted molar refractivity (Wildman–Crippen MR) is 84.1 cm³/mol. The maximum Gasteiger partial charge on any atom is 0.124 e. The van der Waals surface area contributed by atoms with Gasteiger partial charge < -0.3 is 5.32 Å². The van der Waals surface area contributed by atoms with Crippen LogP contribution >= 0.6 is 11.3 Å². The van der Waals surface area contributed by atoms with Gasteiger partial charge in [0.05, 0.1) is 5.69 Å². The summed E-state index contributed by atoms with van der Waals surface area (Å²) in [4.78, 5) is 10.5. The first-order chi connectivity index (χ1) is 9.79. The fourth-order valence-corrected chi connectivity index (χ4v) is 3.58. The van der Waals surface area contributed by atoms with E-state index in [1.54, 1.807) is 0 Å². The topological polar surface area (TPSA) is 37.8 Å². The van der Waals surface area contributed by atoms with Gasteiger partial charge in [-0.25, -0.2) is 4.98 Å². The number of nitrogens with one attached hydrogen (secondary N) is 1. The van der Waals surface area contributed by atoms with Gasteiger partial charge in [-0.2, -0.15) is 0 Å². The average Bonchev–Trinajstić information content (AvgIpc) is 3.21. The summed E-state index contributed by atoms with van der Waals surface area (Å²) < 4.78 is 0. The van der Waals surface area contributed by atoms with E-state index in [9.17, 15) is 0 Å². The second kappa shape index (κ2) is 6.02. The van der Waals surface area contributed by atoms with Gasteiger partial charge in [-0.15, -0.1) is 11.3 Å². The maximum absolute atomic E-state index is 4.93. The Bertz CT molecular complexity index is 587. The van der Waals surface area contributed by atoms with Gasteiger partial charge in [-0.3, -0.25) is 4.98 Å². The van der Waals surface area contributed by atoms with Gasteiger partial charge in [0.15, 0.2) is 0 Å². The van der Waals surface area contributed by atoms with Crippen LogP contribution in [0.25, 0.3) is 10.6 Å². The Kier molecular flexibility index (Phi) is 4.13. The summed E-state index contributed by atoms with van der Waals surface area (Å²) in [7, 11) is 0.